The molecule has 176 valence electrons. The smallest absolute Gasteiger partial charge is 0.475 e. The molecule has 1 aromatic carbocycles. The standard InChI is InChI=1S/C19H15N5O3.C2HF3O2/c25-18(24-26)12-4-6-16-15(9-12)23-19(27-16)13-5-7-17(21-10-13)22-11-14-3-1-2-8-20-14;3-2(4,5)1(6)7/h1-10,26H,11H2,(H,21,22)(H,24,25);(H,6,7). The summed E-state index contributed by atoms with van der Waals surface area (Å²) in [5, 5.41) is 19.0. The van der Waals surface area contributed by atoms with Crippen molar-refractivity contribution in [2.45, 2.75) is 12.7 Å². The van der Waals surface area contributed by atoms with Gasteiger partial charge in [0.1, 0.15) is 11.3 Å². The van der Waals surface area contributed by atoms with Crippen molar-refractivity contribution in [3.05, 3.63) is 72.2 Å². The fourth-order valence-corrected chi connectivity index (χ4v) is 2.57. The van der Waals surface area contributed by atoms with Gasteiger partial charge in [-0.2, -0.15) is 13.2 Å². The molecule has 0 radical (unpaired) electrons. The van der Waals surface area contributed by atoms with Gasteiger partial charge in [0.15, 0.2) is 5.58 Å². The number of hydroxylamine groups is 1. The molecule has 0 unspecified atom stereocenters. The molecule has 0 aliphatic rings. The van der Waals surface area contributed by atoms with Crippen LogP contribution in [0.5, 0.6) is 0 Å². The number of aromatic nitrogens is 3. The summed E-state index contributed by atoms with van der Waals surface area (Å²) >= 11 is 0. The van der Waals surface area contributed by atoms with Crippen LogP contribution in [0.4, 0.5) is 19.0 Å². The minimum absolute atomic E-state index is 0.289. The number of nitrogens with zero attached hydrogens (tertiary/aromatic N) is 3. The summed E-state index contributed by atoms with van der Waals surface area (Å²) in [7, 11) is 0. The maximum Gasteiger partial charge on any atom is 0.490 e. The number of pyridine rings is 2. The quantitative estimate of drug-likeness (QED) is 0.250. The minimum Gasteiger partial charge on any atom is -0.475 e. The van der Waals surface area contributed by atoms with Crippen molar-refractivity contribution in [3.8, 4) is 11.5 Å². The number of carbonyl (C=O) groups is 2. The van der Waals surface area contributed by atoms with E-state index in [0.29, 0.717) is 34.9 Å². The molecule has 0 aliphatic heterocycles. The molecule has 3 heterocycles. The van der Waals surface area contributed by atoms with Gasteiger partial charge in [0.25, 0.3) is 5.91 Å². The highest BCUT2D eigenvalue weighted by molar-refractivity contribution is 5.96. The van der Waals surface area contributed by atoms with Crippen LogP contribution < -0.4 is 10.8 Å². The Morgan fingerprint density at radius 1 is 1.06 bits per heavy atom. The number of fused-ring (bicyclic) bond motifs is 1. The van der Waals surface area contributed by atoms with Crippen LogP contribution >= 0.6 is 0 Å². The van der Waals surface area contributed by atoms with Crippen molar-refractivity contribution in [2.75, 3.05) is 5.32 Å². The lowest BCUT2D eigenvalue weighted by molar-refractivity contribution is -0.192. The Kier molecular flexibility index (Phi) is 7.38. The third-order valence-corrected chi connectivity index (χ3v) is 4.18. The summed E-state index contributed by atoms with van der Waals surface area (Å²) in [5.41, 5.74) is 4.57. The van der Waals surface area contributed by atoms with Crippen LogP contribution in [0.1, 0.15) is 16.1 Å². The first-order chi connectivity index (χ1) is 16.2. The van der Waals surface area contributed by atoms with Gasteiger partial charge in [0, 0.05) is 18.0 Å². The highest BCUT2D eigenvalue weighted by atomic mass is 19.4. The molecular formula is C21H16F3N5O5. The molecule has 3 aromatic heterocycles. The van der Waals surface area contributed by atoms with E-state index in [9.17, 15) is 18.0 Å². The first kappa shape index (κ1) is 24.1. The number of hydrogen-bond donors (Lipinski definition) is 4. The first-order valence-electron chi connectivity index (χ1n) is 9.42. The van der Waals surface area contributed by atoms with Crippen molar-refractivity contribution in [2.24, 2.45) is 0 Å². The lowest BCUT2D eigenvalue weighted by Crippen LogP contribution is -2.21. The van der Waals surface area contributed by atoms with Gasteiger partial charge in [-0.05, 0) is 42.5 Å². The molecule has 4 N–H and O–H groups in total. The van der Waals surface area contributed by atoms with E-state index >= 15 is 0 Å². The number of benzene rings is 1. The number of aliphatic carboxylic acids is 1. The Balaban J connectivity index is 0.000000406. The zero-order chi connectivity index (χ0) is 24.7. The van der Waals surface area contributed by atoms with Gasteiger partial charge >= 0.3 is 12.1 Å². The van der Waals surface area contributed by atoms with Crippen LogP contribution in [0, 0.1) is 0 Å². The first-order valence-corrected chi connectivity index (χ1v) is 9.42. The molecule has 4 aromatic rings. The number of nitrogens with one attached hydrogen (secondary N) is 2. The fraction of sp³-hybridized carbons (Fsp3) is 0.0952. The molecule has 0 spiro atoms. The Morgan fingerprint density at radius 2 is 1.82 bits per heavy atom. The summed E-state index contributed by atoms with van der Waals surface area (Å²) in [6, 6.07) is 14.1. The average Bonchev–Trinajstić information content (AvgIpc) is 3.26. The number of rotatable bonds is 5. The summed E-state index contributed by atoms with van der Waals surface area (Å²) in [6.45, 7) is 0.575. The van der Waals surface area contributed by atoms with E-state index in [1.165, 1.54) is 0 Å². The second kappa shape index (κ2) is 10.4. The van der Waals surface area contributed by atoms with Crippen LogP contribution in [0.2, 0.25) is 0 Å². The number of anilines is 1. The lowest BCUT2D eigenvalue weighted by Gasteiger charge is -2.05. The van der Waals surface area contributed by atoms with Crippen LogP contribution in [-0.4, -0.2) is 43.3 Å². The van der Waals surface area contributed by atoms with Gasteiger partial charge in [-0.3, -0.25) is 15.0 Å². The third-order valence-electron chi connectivity index (χ3n) is 4.18. The summed E-state index contributed by atoms with van der Waals surface area (Å²) in [4.78, 5) is 33.4. The van der Waals surface area contributed by atoms with Crippen molar-refractivity contribution in [1.82, 2.24) is 20.4 Å². The maximum absolute atomic E-state index is 11.5. The number of alkyl halides is 3. The predicted molar refractivity (Wildman–Crippen MR) is 112 cm³/mol. The Bertz CT molecular complexity index is 1280. The van der Waals surface area contributed by atoms with Crippen LogP contribution in [0.25, 0.3) is 22.6 Å². The van der Waals surface area contributed by atoms with Crippen LogP contribution in [-0.2, 0) is 11.3 Å². The highest BCUT2D eigenvalue weighted by Crippen LogP contribution is 2.25. The number of amides is 1. The Morgan fingerprint density at radius 3 is 2.41 bits per heavy atom. The SMILES string of the molecule is O=C(NO)c1ccc2oc(-c3ccc(NCc4ccccn4)nc3)nc2c1.O=C(O)C(F)(F)F. The predicted octanol–water partition coefficient (Wildman–Crippen LogP) is 3.65. The molecule has 34 heavy (non-hydrogen) atoms. The third kappa shape index (κ3) is 6.26. The topological polar surface area (TPSA) is 150 Å². The van der Waals surface area contributed by atoms with Gasteiger partial charge in [-0.25, -0.2) is 20.2 Å². The largest absolute Gasteiger partial charge is 0.490 e. The number of halogens is 3. The molecule has 0 aliphatic carbocycles. The average molecular weight is 475 g/mol. The molecule has 0 bridgehead atoms. The van der Waals surface area contributed by atoms with Gasteiger partial charge < -0.3 is 14.8 Å². The van der Waals surface area contributed by atoms with E-state index in [-0.39, 0.29) is 5.56 Å². The number of hydrogen-bond acceptors (Lipinski definition) is 8. The summed E-state index contributed by atoms with van der Waals surface area (Å²) in [5.74, 6) is -2.25. The summed E-state index contributed by atoms with van der Waals surface area (Å²) < 4.78 is 37.5. The number of carbonyl (C=O) groups excluding carboxylic acids is 1. The molecule has 1 amide bonds. The second-order valence-electron chi connectivity index (χ2n) is 6.55. The molecule has 0 atom stereocenters. The molecule has 4 rings (SSSR count). The molecule has 0 fully saturated rings. The number of carboxylic acid groups (broad SMARTS) is 1. The lowest BCUT2D eigenvalue weighted by atomic mass is 10.2. The van der Waals surface area contributed by atoms with E-state index in [1.54, 1.807) is 36.1 Å². The number of carboxylic acids is 1. The Labute approximate surface area is 189 Å². The van der Waals surface area contributed by atoms with Crippen molar-refractivity contribution >= 4 is 28.8 Å². The van der Waals surface area contributed by atoms with E-state index in [0.717, 1.165) is 5.69 Å². The molecule has 10 nitrogen and oxygen atoms in total. The van der Waals surface area contributed by atoms with Crippen molar-refractivity contribution < 1.29 is 37.5 Å². The maximum atomic E-state index is 11.5. The van der Waals surface area contributed by atoms with Gasteiger partial charge in [-0.1, -0.05) is 6.07 Å². The molecule has 0 saturated carbocycles. The highest BCUT2D eigenvalue weighted by Gasteiger charge is 2.38. The normalized spacial score (nSPS) is 10.8. The zero-order valence-electron chi connectivity index (χ0n) is 17.1. The Hall–Kier alpha value is -4.52. The van der Waals surface area contributed by atoms with Crippen LogP contribution in [0.3, 0.4) is 0 Å². The van der Waals surface area contributed by atoms with Crippen molar-refractivity contribution in [3.63, 3.8) is 0 Å². The van der Waals surface area contributed by atoms with Crippen LogP contribution in [0.15, 0.2) is 65.3 Å². The number of oxazole rings is 1. The van der Waals surface area contributed by atoms with Gasteiger partial charge in [-0.15, -0.1) is 0 Å². The van der Waals surface area contributed by atoms with Gasteiger partial charge in [0.2, 0.25) is 5.89 Å². The van der Waals surface area contributed by atoms with E-state index in [2.05, 4.69) is 20.3 Å². The second-order valence-corrected chi connectivity index (χ2v) is 6.55. The van der Waals surface area contributed by atoms with E-state index < -0.39 is 18.1 Å². The van der Waals surface area contributed by atoms with E-state index in [1.807, 2.05) is 30.3 Å². The van der Waals surface area contributed by atoms with Crippen molar-refractivity contribution in [1.29, 1.82) is 0 Å². The van der Waals surface area contributed by atoms with E-state index in [4.69, 9.17) is 19.5 Å². The summed E-state index contributed by atoms with van der Waals surface area (Å²) in [6.07, 6.45) is -1.68. The minimum atomic E-state index is -5.08. The molecular weight excluding hydrogens is 459 g/mol. The molecule has 13 heteroatoms. The monoisotopic (exact) mass is 475 g/mol. The van der Waals surface area contributed by atoms with Gasteiger partial charge in [0.05, 0.1) is 17.8 Å². The fourth-order valence-electron chi connectivity index (χ4n) is 2.57. The molecule has 0 saturated heterocycles. The zero-order valence-corrected chi connectivity index (χ0v) is 17.1.